The third-order valence-corrected chi connectivity index (χ3v) is 5.64. The van der Waals surface area contributed by atoms with Crippen LogP contribution in [0.1, 0.15) is 41.7 Å². The summed E-state index contributed by atoms with van der Waals surface area (Å²) in [4.78, 5) is 35.8. The molecule has 0 bridgehead atoms. The van der Waals surface area contributed by atoms with Crippen LogP contribution in [0.15, 0.2) is 36.4 Å². The molecule has 1 aliphatic carbocycles. The molecule has 3 rings (SSSR count). The van der Waals surface area contributed by atoms with Crippen LogP contribution in [0.25, 0.3) is 11.1 Å². The fraction of sp³-hybridized carbons (Fsp3) is 0.318. The maximum atomic E-state index is 14.9. The Hall–Kier alpha value is -3.14. The van der Waals surface area contributed by atoms with Crippen LogP contribution in [0.4, 0.5) is 17.6 Å². The molecule has 0 aromatic heterocycles. The van der Waals surface area contributed by atoms with Gasteiger partial charge in [0.15, 0.2) is 0 Å². The van der Waals surface area contributed by atoms with Crippen molar-refractivity contribution in [3.63, 3.8) is 0 Å². The number of ether oxygens (including phenoxy) is 1. The fourth-order valence-corrected chi connectivity index (χ4v) is 3.61. The molecule has 0 heterocycles. The predicted octanol–water partition coefficient (Wildman–Crippen LogP) is 4.32. The van der Waals surface area contributed by atoms with Gasteiger partial charge in [0.25, 0.3) is 0 Å². The first-order chi connectivity index (χ1) is 15.4. The molecule has 11 heteroatoms. The molecule has 0 radical (unpaired) electrons. The van der Waals surface area contributed by atoms with E-state index in [1.165, 1.54) is 32.2 Å². The number of methoxy groups -OCH3 is 1. The summed E-state index contributed by atoms with van der Waals surface area (Å²) in [5.41, 5.74) is -0.872. The number of carbonyl (C=O) groups is 3. The quantitative estimate of drug-likeness (QED) is 0.470. The average molecular weight is 487 g/mol. The van der Waals surface area contributed by atoms with Crippen molar-refractivity contribution in [1.82, 2.24) is 10.6 Å². The third kappa shape index (κ3) is 5.11. The van der Waals surface area contributed by atoms with E-state index in [-0.39, 0.29) is 29.0 Å². The molecule has 176 valence electrons. The number of amides is 2. The summed E-state index contributed by atoms with van der Waals surface area (Å²) in [7, 11) is 1.19. The van der Waals surface area contributed by atoms with Crippen molar-refractivity contribution in [3.05, 3.63) is 58.4 Å². The summed E-state index contributed by atoms with van der Waals surface area (Å²) in [5.74, 6) is -4.46. The van der Waals surface area contributed by atoms with Gasteiger partial charge < -0.3 is 15.4 Å². The molecular formula is C22H19ClF4N2O4. The number of benzene rings is 2. The minimum absolute atomic E-state index is 0.0415. The topological polar surface area (TPSA) is 84.5 Å². The minimum Gasteiger partial charge on any atom is -0.465 e. The van der Waals surface area contributed by atoms with Crippen molar-refractivity contribution in [2.75, 3.05) is 7.11 Å². The summed E-state index contributed by atoms with van der Waals surface area (Å²) in [5, 5.41) is 4.28. The number of carbonyl (C=O) groups excluding carboxylic acids is 3. The van der Waals surface area contributed by atoms with Crippen LogP contribution >= 0.6 is 11.6 Å². The van der Waals surface area contributed by atoms with Gasteiger partial charge in [0.1, 0.15) is 11.4 Å². The van der Waals surface area contributed by atoms with E-state index in [4.69, 9.17) is 16.3 Å². The predicted molar refractivity (Wildman–Crippen MR) is 111 cm³/mol. The van der Waals surface area contributed by atoms with Crippen molar-refractivity contribution in [1.29, 1.82) is 0 Å². The summed E-state index contributed by atoms with van der Waals surface area (Å²) >= 11 is 6.10. The molecular weight excluding hydrogens is 468 g/mol. The van der Waals surface area contributed by atoms with E-state index >= 15 is 0 Å². The number of hydrogen-bond acceptors (Lipinski definition) is 4. The molecule has 2 N–H and O–H groups in total. The molecule has 1 aliphatic rings. The Morgan fingerprint density at radius 1 is 1.15 bits per heavy atom. The first-order valence-corrected chi connectivity index (χ1v) is 10.1. The second-order valence-corrected chi connectivity index (χ2v) is 8.03. The van der Waals surface area contributed by atoms with Gasteiger partial charge in [-0.05, 0) is 43.0 Å². The Balaban J connectivity index is 1.80. The Morgan fingerprint density at radius 3 is 2.36 bits per heavy atom. The van der Waals surface area contributed by atoms with Crippen LogP contribution in [0, 0.1) is 5.82 Å². The van der Waals surface area contributed by atoms with Crippen molar-refractivity contribution < 1.29 is 36.7 Å². The van der Waals surface area contributed by atoms with Crippen LogP contribution in [0.2, 0.25) is 5.02 Å². The van der Waals surface area contributed by atoms with Crippen molar-refractivity contribution in [2.24, 2.45) is 0 Å². The van der Waals surface area contributed by atoms with Crippen molar-refractivity contribution in [3.8, 4) is 11.1 Å². The lowest BCUT2D eigenvalue weighted by molar-refractivity contribution is -0.175. The van der Waals surface area contributed by atoms with Crippen molar-refractivity contribution >= 4 is 29.4 Å². The van der Waals surface area contributed by atoms with Gasteiger partial charge in [0.05, 0.1) is 23.7 Å². The number of hydrogen-bond donors (Lipinski definition) is 2. The first-order valence-electron chi connectivity index (χ1n) is 9.76. The molecule has 2 aromatic rings. The lowest BCUT2D eigenvalue weighted by Gasteiger charge is -2.22. The summed E-state index contributed by atoms with van der Waals surface area (Å²) in [6, 6.07) is 7.77. The molecule has 33 heavy (non-hydrogen) atoms. The molecule has 0 aliphatic heterocycles. The van der Waals surface area contributed by atoms with Crippen LogP contribution < -0.4 is 10.6 Å². The van der Waals surface area contributed by atoms with Gasteiger partial charge in [0.2, 0.25) is 5.91 Å². The molecule has 0 unspecified atom stereocenters. The van der Waals surface area contributed by atoms with E-state index in [0.717, 1.165) is 6.07 Å². The van der Waals surface area contributed by atoms with Gasteiger partial charge in [-0.25, -0.2) is 9.18 Å². The maximum Gasteiger partial charge on any atom is 0.471 e. The van der Waals surface area contributed by atoms with E-state index < -0.39 is 41.4 Å². The van der Waals surface area contributed by atoms with E-state index in [2.05, 4.69) is 5.32 Å². The number of rotatable bonds is 6. The SMILES string of the molecule is COC(=O)c1c(Cl)cccc1-c1ccc([C@H](C)NC(=O)C2(NC(=O)C(F)(F)F)CC2)c(F)c1. The first kappa shape index (κ1) is 24.5. The Morgan fingerprint density at radius 2 is 1.82 bits per heavy atom. The Kier molecular flexibility index (Phi) is 6.69. The largest absolute Gasteiger partial charge is 0.471 e. The van der Waals surface area contributed by atoms with Crippen LogP contribution in [0.5, 0.6) is 0 Å². The van der Waals surface area contributed by atoms with E-state index in [9.17, 15) is 31.9 Å². The van der Waals surface area contributed by atoms with Crippen LogP contribution in [0.3, 0.4) is 0 Å². The van der Waals surface area contributed by atoms with Gasteiger partial charge in [-0.1, -0.05) is 35.9 Å². The smallest absolute Gasteiger partial charge is 0.465 e. The highest BCUT2D eigenvalue weighted by atomic mass is 35.5. The molecule has 1 atom stereocenters. The molecule has 1 saturated carbocycles. The van der Waals surface area contributed by atoms with Gasteiger partial charge in [-0.2, -0.15) is 13.2 Å². The standard InChI is InChI=1S/C22H19ClF4N2O4/c1-11(28-19(31)21(8-9-21)29-20(32)22(25,26)27)13-7-6-12(10-16(13)24)14-4-3-5-15(23)17(14)18(30)33-2/h3-7,10-11H,8-9H2,1-2H3,(H,28,31)(H,29,32)/t11-/m0/s1. The zero-order valence-corrected chi connectivity index (χ0v) is 18.2. The van der Waals surface area contributed by atoms with E-state index in [0.29, 0.717) is 11.1 Å². The normalized spacial score (nSPS) is 15.4. The summed E-state index contributed by atoms with van der Waals surface area (Å²) < 4.78 is 57.2. The molecule has 0 saturated heterocycles. The molecule has 0 spiro atoms. The highest BCUT2D eigenvalue weighted by Crippen LogP contribution is 2.38. The Bertz CT molecular complexity index is 1120. The molecule has 6 nitrogen and oxygen atoms in total. The molecule has 2 aromatic carbocycles. The van der Waals surface area contributed by atoms with E-state index in [1.54, 1.807) is 17.4 Å². The van der Waals surface area contributed by atoms with Gasteiger partial charge in [-0.15, -0.1) is 0 Å². The third-order valence-electron chi connectivity index (χ3n) is 5.32. The van der Waals surface area contributed by atoms with Gasteiger partial charge in [0, 0.05) is 5.56 Å². The highest BCUT2D eigenvalue weighted by molar-refractivity contribution is 6.34. The Labute approximate surface area is 191 Å². The lowest BCUT2D eigenvalue weighted by atomic mass is 9.96. The zero-order chi connectivity index (χ0) is 24.6. The zero-order valence-electron chi connectivity index (χ0n) is 17.5. The molecule has 1 fully saturated rings. The summed E-state index contributed by atoms with van der Waals surface area (Å²) in [6.07, 6.45) is -5.04. The fourth-order valence-electron chi connectivity index (χ4n) is 3.35. The maximum absolute atomic E-state index is 14.9. The summed E-state index contributed by atoms with van der Waals surface area (Å²) in [6.45, 7) is 1.46. The number of nitrogens with one attached hydrogen (secondary N) is 2. The average Bonchev–Trinajstić information content (AvgIpc) is 3.52. The van der Waals surface area contributed by atoms with Crippen LogP contribution in [-0.2, 0) is 14.3 Å². The lowest BCUT2D eigenvalue weighted by Crippen LogP contribution is -2.53. The number of alkyl halides is 3. The highest BCUT2D eigenvalue weighted by Gasteiger charge is 2.55. The number of esters is 1. The second-order valence-electron chi connectivity index (χ2n) is 7.62. The number of halogens is 5. The van der Waals surface area contributed by atoms with Gasteiger partial charge >= 0.3 is 18.1 Å². The second kappa shape index (κ2) is 9.01. The molecule has 2 amide bonds. The minimum atomic E-state index is -5.12. The van der Waals surface area contributed by atoms with E-state index in [1.807, 2.05) is 0 Å². The van der Waals surface area contributed by atoms with Crippen molar-refractivity contribution in [2.45, 2.75) is 37.5 Å². The van der Waals surface area contributed by atoms with Crippen LogP contribution in [-0.4, -0.2) is 36.6 Å². The monoisotopic (exact) mass is 486 g/mol. The van der Waals surface area contributed by atoms with Gasteiger partial charge in [-0.3, -0.25) is 9.59 Å².